The third-order valence-electron chi connectivity index (χ3n) is 4.32. The van der Waals surface area contributed by atoms with Gasteiger partial charge in [0, 0.05) is 11.1 Å². The number of methoxy groups -OCH3 is 1. The van der Waals surface area contributed by atoms with Gasteiger partial charge in [0.2, 0.25) is 0 Å². The fourth-order valence-electron chi connectivity index (χ4n) is 2.97. The van der Waals surface area contributed by atoms with Crippen LogP contribution in [-0.4, -0.2) is 18.2 Å². The van der Waals surface area contributed by atoms with Crippen LogP contribution < -0.4 is 10.2 Å². The molecule has 1 aromatic heterocycles. The van der Waals surface area contributed by atoms with Crippen molar-refractivity contribution in [1.82, 2.24) is 0 Å². The van der Waals surface area contributed by atoms with E-state index in [9.17, 15) is 9.59 Å². The molecular weight excluding hydrogens is 344 g/mol. The zero-order valence-electron chi connectivity index (χ0n) is 15.2. The zero-order valence-corrected chi connectivity index (χ0v) is 15.2. The summed E-state index contributed by atoms with van der Waals surface area (Å²) >= 11 is 0. The number of rotatable bonds is 6. The molecule has 5 nitrogen and oxygen atoms in total. The van der Waals surface area contributed by atoms with Crippen molar-refractivity contribution >= 4 is 29.1 Å². The Labute approximate surface area is 156 Å². The van der Waals surface area contributed by atoms with E-state index in [2.05, 4.69) is 0 Å². The molecule has 0 saturated carbocycles. The first-order chi connectivity index (χ1) is 13.0. The van der Waals surface area contributed by atoms with Gasteiger partial charge in [0.15, 0.2) is 5.43 Å². The molecule has 0 atom stereocenters. The van der Waals surface area contributed by atoms with Crippen molar-refractivity contribution in [3.63, 3.8) is 0 Å². The number of carbonyl (C=O) groups is 1. The summed E-state index contributed by atoms with van der Waals surface area (Å²) in [6.07, 6.45) is 4.91. The van der Waals surface area contributed by atoms with E-state index in [1.54, 1.807) is 13.2 Å². The number of hydrogen-bond acceptors (Lipinski definition) is 4. The molecule has 0 spiro atoms. The number of carboxylic acids is 1. The van der Waals surface area contributed by atoms with Gasteiger partial charge in [0.1, 0.15) is 17.1 Å². The van der Waals surface area contributed by atoms with Gasteiger partial charge in [-0.3, -0.25) is 4.79 Å². The number of hydrogen-bond donors (Lipinski definition) is 1. The fraction of sp³-hybridized carbons (Fsp3) is 0.182. The minimum atomic E-state index is -1.08. The van der Waals surface area contributed by atoms with E-state index >= 15 is 0 Å². The lowest BCUT2D eigenvalue weighted by molar-refractivity contribution is 0.0697. The minimum Gasteiger partial charge on any atom is -0.496 e. The Morgan fingerprint density at radius 2 is 1.96 bits per heavy atom. The molecule has 0 radical (unpaired) electrons. The monoisotopic (exact) mass is 364 g/mol. The Kier molecular flexibility index (Phi) is 5.41. The number of carboxylic acid groups (broad SMARTS) is 1. The van der Waals surface area contributed by atoms with Crippen molar-refractivity contribution in [2.24, 2.45) is 0 Å². The number of aromatic carboxylic acids is 1. The second-order valence-electron chi connectivity index (χ2n) is 6.12. The minimum absolute atomic E-state index is 0.0644. The molecule has 3 aromatic rings. The maximum atomic E-state index is 12.9. The van der Waals surface area contributed by atoms with Crippen LogP contribution in [0.3, 0.4) is 0 Å². The van der Waals surface area contributed by atoms with Gasteiger partial charge in [-0.25, -0.2) is 4.79 Å². The van der Waals surface area contributed by atoms with Gasteiger partial charge in [0.25, 0.3) is 0 Å². The van der Waals surface area contributed by atoms with Gasteiger partial charge in [-0.15, -0.1) is 0 Å². The Balaban J connectivity index is 2.15. The van der Waals surface area contributed by atoms with Crippen molar-refractivity contribution in [2.75, 3.05) is 7.11 Å². The van der Waals surface area contributed by atoms with Gasteiger partial charge in [-0.1, -0.05) is 31.5 Å². The highest BCUT2D eigenvalue weighted by Gasteiger charge is 2.14. The Bertz CT molecular complexity index is 1080. The van der Waals surface area contributed by atoms with Gasteiger partial charge < -0.3 is 14.3 Å². The third kappa shape index (κ3) is 3.77. The Morgan fingerprint density at radius 1 is 1.19 bits per heavy atom. The predicted molar refractivity (Wildman–Crippen MR) is 105 cm³/mol. The maximum Gasteiger partial charge on any atom is 0.335 e. The van der Waals surface area contributed by atoms with E-state index in [-0.39, 0.29) is 16.4 Å². The molecule has 1 heterocycles. The summed E-state index contributed by atoms with van der Waals surface area (Å²) in [6.45, 7) is 1.98. The molecule has 0 saturated heterocycles. The highest BCUT2D eigenvalue weighted by Crippen LogP contribution is 2.23. The second-order valence-corrected chi connectivity index (χ2v) is 6.12. The van der Waals surface area contributed by atoms with Gasteiger partial charge in [-0.05, 0) is 42.8 Å². The lowest BCUT2D eigenvalue weighted by Crippen LogP contribution is -2.12. The van der Waals surface area contributed by atoms with Crippen LogP contribution in [-0.2, 0) is 6.42 Å². The number of para-hydroxylation sites is 1. The van der Waals surface area contributed by atoms with Crippen LogP contribution in [0.25, 0.3) is 23.1 Å². The molecule has 1 N–H and O–H groups in total. The summed E-state index contributed by atoms with van der Waals surface area (Å²) in [7, 11) is 1.60. The van der Waals surface area contributed by atoms with E-state index in [0.717, 1.165) is 17.7 Å². The lowest BCUT2D eigenvalue weighted by Gasteiger charge is -2.08. The summed E-state index contributed by atoms with van der Waals surface area (Å²) in [5.41, 5.74) is 1.64. The van der Waals surface area contributed by atoms with Crippen molar-refractivity contribution in [3.8, 4) is 5.75 Å². The maximum absolute atomic E-state index is 12.9. The molecule has 5 heteroatoms. The third-order valence-corrected chi connectivity index (χ3v) is 4.32. The molecular formula is C22H20O5. The van der Waals surface area contributed by atoms with E-state index < -0.39 is 5.97 Å². The van der Waals surface area contributed by atoms with E-state index in [0.29, 0.717) is 23.3 Å². The molecule has 0 fully saturated rings. The standard InChI is InChI=1S/C22H20O5/c1-3-6-16-19(11-9-14-7-4-5-8-18(14)26-2)27-20-12-10-15(22(24)25)13-17(20)21(16)23/h4-5,7-13H,3,6H2,1-2H3,(H,24,25). The molecule has 3 rings (SSSR count). The summed E-state index contributed by atoms with van der Waals surface area (Å²) in [6, 6.07) is 11.9. The molecule has 27 heavy (non-hydrogen) atoms. The first-order valence-corrected chi connectivity index (χ1v) is 8.69. The average molecular weight is 364 g/mol. The Morgan fingerprint density at radius 3 is 2.67 bits per heavy atom. The van der Waals surface area contributed by atoms with Gasteiger partial charge in [0.05, 0.1) is 18.1 Å². The Hall–Kier alpha value is -3.34. The van der Waals surface area contributed by atoms with Crippen molar-refractivity contribution < 1.29 is 19.1 Å². The number of benzene rings is 2. The van der Waals surface area contributed by atoms with Crippen LogP contribution in [0.15, 0.2) is 51.7 Å². The van der Waals surface area contributed by atoms with Crippen molar-refractivity contribution in [1.29, 1.82) is 0 Å². The van der Waals surface area contributed by atoms with Gasteiger partial charge >= 0.3 is 5.97 Å². The van der Waals surface area contributed by atoms with Crippen LogP contribution in [0.1, 0.15) is 40.6 Å². The second kappa shape index (κ2) is 7.91. The van der Waals surface area contributed by atoms with Crippen LogP contribution in [0.2, 0.25) is 0 Å². The molecule has 2 aromatic carbocycles. The number of ether oxygens (including phenoxy) is 1. The molecule has 0 aliphatic carbocycles. The van der Waals surface area contributed by atoms with Crippen molar-refractivity contribution in [2.45, 2.75) is 19.8 Å². The van der Waals surface area contributed by atoms with Crippen LogP contribution in [0, 0.1) is 0 Å². The first-order valence-electron chi connectivity index (χ1n) is 8.69. The van der Waals surface area contributed by atoms with Gasteiger partial charge in [-0.2, -0.15) is 0 Å². The molecule has 0 bridgehead atoms. The summed E-state index contributed by atoms with van der Waals surface area (Å²) in [5, 5.41) is 9.45. The molecule has 0 amide bonds. The smallest absolute Gasteiger partial charge is 0.335 e. The molecule has 0 unspecified atom stereocenters. The lowest BCUT2D eigenvalue weighted by atomic mass is 10.0. The normalized spacial score (nSPS) is 11.2. The zero-order chi connectivity index (χ0) is 19.4. The molecule has 138 valence electrons. The van der Waals surface area contributed by atoms with E-state index in [1.165, 1.54) is 18.2 Å². The quantitative estimate of drug-likeness (QED) is 0.690. The predicted octanol–water partition coefficient (Wildman–Crippen LogP) is 4.62. The largest absolute Gasteiger partial charge is 0.496 e. The van der Waals surface area contributed by atoms with Crippen LogP contribution >= 0.6 is 0 Å². The average Bonchev–Trinajstić information content (AvgIpc) is 2.68. The summed E-state index contributed by atoms with van der Waals surface area (Å²) in [5.74, 6) is 0.122. The van der Waals surface area contributed by atoms with Crippen LogP contribution in [0.5, 0.6) is 5.75 Å². The van der Waals surface area contributed by atoms with Crippen LogP contribution in [0.4, 0.5) is 0 Å². The summed E-state index contributed by atoms with van der Waals surface area (Å²) < 4.78 is 11.3. The number of fused-ring (bicyclic) bond motifs is 1. The topological polar surface area (TPSA) is 76.7 Å². The molecule has 0 aliphatic heterocycles. The summed E-state index contributed by atoms with van der Waals surface area (Å²) in [4.78, 5) is 24.1. The highest BCUT2D eigenvalue weighted by molar-refractivity contribution is 5.93. The van der Waals surface area contributed by atoms with E-state index in [1.807, 2.05) is 37.3 Å². The molecule has 0 aliphatic rings. The first kappa shape index (κ1) is 18.5. The fourth-order valence-corrected chi connectivity index (χ4v) is 2.97. The SMILES string of the molecule is CCCc1c(C=Cc2ccccc2OC)oc2ccc(C(=O)O)cc2c1=O. The van der Waals surface area contributed by atoms with E-state index in [4.69, 9.17) is 14.3 Å². The van der Waals surface area contributed by atoms with Crippen molar-refractivity contribution in [3.05, 3.63) is 75.1 Å². The highest BCUT2D eigenvalue weighted by atomic mass is 16.5.